The lowest BCUT2D eigenvalue weighted by atomic mass is 10.2. The molecule has 0 unspecified atom stereocenters. The van der Waals surface area contributed by atoms with Gasteiger partial charge in [0, 0.05) is 0 Å². The van der Waals surface area contributed by atoms with Gasteiger partial charge in [-0.2, -0.15) is 9.97 Å². The number of esters is 1. The van der Waals surface area contributed by atoms with Crippen LogP contribution in [0.4, 0.5) is 5.95 Å². The lowest BCUT2D eigenvalue weighted by Gasteiger charge is -2.09. The Morgan fingerprint density at radius 3 is 2.28 bits per heavy atom. The zero-order valence-electron chi connectivity index (χ0n) is 15.8. The Bertz CT molecular complexity index is 1140. The van der Waals surface area contributed by atoms with E-state index in [1.165, 1.54) is 7.11 Å². The molecule has 4 aromatic rings. The Balaban J connectivity index is 1.78. The Hall–Kier alpha value is -3.94. The van der Waals surface area contributed by atoms with Crippen LogP contribution in [0.2, 0.25) is 0 Å². The quantitative estimate of drug-likeness (QED) is 0.506. The average molecular weight is 389 g/mol. The molecule has 146 valence electrons. The smallest absolute Gasteiger partial charge is 0.374 e. The molecule has 29 heavy (non-hydrogen) atoms. The number of aromatic nitrogens is 4. The fourth-order valence-electron chi connectivity index (χ4n) is 2.98. The summed E-state index contributed by atoms with van der Waals surface area (Å²) in [6.07, 6.45) is 0. The first-order chi connectivity index (χ1) is 14.2. The highest BCUT2D eigenvalue weighted by molar-refractivity contribution is 5.91. The lowest BCUT2D eigenvalue weighted by molar-refractivity contribution is 0.0582. The molecule has 4 rings (SSSR count). The SMILES string of the molecule is COC(=O)c1nc2c(OCc3ccccc3)nc(N)nc2n1Cc1ccccc1. The van der Waals surface area contributed by atoms with Crippen LogP contribution in [0.25, 0.3) is 11.2 Å². The normalized spacial score (nSPS) is 10.8. The predicted molar refractivity (Wildman–Crippen MR) is 107 cm³/mol. The molecule has 0 atom stereocenters. The first-order valence-electron chi connectivity index (χ1n) is 8.98. The van der Waals surface area contributed by atoms with Crippen molar-refractivity contribution in [2.24, 2.45) is 0 Å². The van der Waals surface area contributed by atoms with Crippen molar-refractivity contribution in [2.45, 2.75) is 13.2 Å². The van der Waals surface area contributed by atoms with E-state index in [1.807, 2.05) is 60.7 Å². The van der Waals surface area contributed by atoms with Gasteiger partial charge in [-0.25, -0.2) is 9.78 Å². The van der Waals surface area contributed by atoms with Crippen molar-refractivity contribution < 1.29 is 14.3 Å². The first kappa shape index (κ1) is 18.4. The summed E-state index contributed by atoms with van der Waals surface area (Å²) >= 11 is 0. The number of carbonyl (C=O) groups excluding carboxylic acids is 1. The van der Waals surface area contributed by atoms with Gasteiger partial charge in [0.1, 0.15) is 6.61 Å². The molecule has 0 aliphatic rings. The maximum absolute atomic E-state index is 12.3. The number of carbonyl (C=O) groups is 1. The van der Waals surface area contributed by atoms with Crippen LogP contribution >= 0.6 is 0 Å². The van der Waals surface area contributed by atoms with Crippen LogP contribution in [-0.4, -0.2) is 32.6 Å². The van der Waals surface area contributed by atoms with Gasteiger partial charge in [0.2, 0.25) is 17.7 Å². The van der Waals surface area contributed by atoms with Gasteiger partial charge in [0.15, 0.2) is 11.2 Å². The molecule has 2 N–H and O–H groups in total. The number of rotatable bonds is 6. The highest BCUT2D eigenvalue weighted by Gasteiger charge is 2.23. The molecule has 2 aromatic heterocycles. The van der Waals surface area contributed by atoms with Gasteiger partial charge in [-0.15, -0.1) is 0 Å². The van der Waals surface area contributed by atoms with E-state index in [9.17, 15) is 4.79 Å². The third-order valence-corrected chi connectivity index (χ3v) is 4.35. The van der Waals surface area contributed by atoms with Crippen molar-refractivity contribution in [3.63, 3.8) is 0 Å². The van der Waals surface area contributed by atoms with Gasteiger partial charge in [-0.3, -0.25) is 4.57 Å². The highest BCUT2D eigenvalue weighted by Crippen LogP contribution is 2.26. The van der Waals surface area contributed by atoms with E-state index in [2.05, 4.69) is 15.0 Å². The summed E-state index contributed by atoms with van der Waals surface area (Å²) in [5, 5.41) is 0. The summed E-state index contributed by atoms with van der Waals surface area (Å²) < 4.78 is 12.4. The molecule has 8 nitrogen and oxygen atoms in total. The molecule has 0 fully saturated rings. The van der Waals surface area contributed by atoms with Crippen molar-refractivity contribution in [1.29, 1.82) is 0 Å². The van der Waals surface area contributed by atoms with Crippen molar-refractivity contribution in [2.75, 3.05) is 12.8 Å². The van der Waals surface area contributed by atoms with Crippen LogP contribution in [0.3, 0.4) is 0 Å². The number of benzene rings is 2. The number of anilines is 1. The fourth-order valence-corrected chi connectivity index (χ4v) is 2.98. The minimum absolute atomic E-state index is 0.0335. The summed E-state index contributed by atoms with van der Waals surface area (Å²) in [7, 11) is 1.31. The second kappa shape index (κ2) is 7.97. The Morgan fingerprint density at radius 1 is 0.966 bits per heavy atom. The third-order valence-electron chi connectivity index (χ3n) is 4.35. The van der Waals surface area contributed by atoms with Crippen LogP contribution in [0.5, 0.6) is 5.88 Å². The van der Waals surface area contributed by atoms with Gasteiger partial charge in [0.25, 0.3) is 0 Å². The van der Waals surface area contributed by atoms with Crippen LogP contribution in [0, 0.1) is 0 Å². The number of methoxy groups -OCH3 is 1. The van der Waals surface area contributed by atoms with E-state index in [-0.39, 0.29) is 24.3 Å². The minimum Gasteiger partial charge on any atom is -0.471 e. The molecule has 0 spiro atoms. The molecule has 8 heteroatoms. The molecule has 0 bridgehead atoms. The van der Waals surface area contributed by atoms with E-state index < -0.39 is 5.97 Å². The van der Waals surface area contributed by atoms with Gasteiger partial charge < -0.3 is 15.2 Å². The first-order valence-corrected chi connectivity index (χ1v) is 8.98. The van der Waals surface area contributed by atoms with Gasteiger partial charge in [-0.1, -0.05) is 60.7 Å². The number of hydrogen-bond acceptors (Lipinski definition) is 7. The molecule has 0 saturated carbocycles. The Labute approximate surface area is 166 Å². The van der Waals surface area contributed by atoms with Gasteiger partial charge in [0.05, 0.1) is 13.7 Å². The number of nitrogen functional groups attached to an aromatic ring is 1. The zero-order valence-corrected chi connectivity index (χ0v) is 15.8. The summed E-state index contributed by atoms with van der Waals surface area (Å²) in [5.41, 5.74) is 8.62. The number of ether oxygens (including phenoxy) is 2. The van der Waals surface area contributed by atoms with E-state index in [4.69, 9.17) is 15.2 Å². The van der Waals surface area contributed by atoms with Crippen LogP contribution in [0.15, 0.2) is 60.7 Å². The van der Waals surface area contributed by atoms with Crippen LogP contribution in [-0.2, 0) is 17.9 Å². The number of hydrogen-bond donors (Lipinski definition) is 1. The standard InChI is InChI=1S/C21H19N5O3/c1-28-20(27)18-23-16-17(26(18)12-14-8-4-2-5-9-14)24-21(22)25-19(16)29-13-15-10-6-3-7-11-15/h2-11H,12-13H2,1H3,(H2,22,24,25). The van der Waals surface area contributed by atoms with Crippen LogP contribution < -0.4 is 10.5 Å². The number of nitrogens with two attached hydrogens (primary N) is 1. The van der Waals surface area contributed by atoms with E-state index in [0.717, 1.165) is 11.1 Å². The monoisotopic (exact) mass is 389 g/mol. The van der Waals surface area contributed by atoms with Crippen molar-refractivity contribution in [3.8, 4) is 5.88 Å². The summed E-state index contributed by atoms with van der Waals surface area (Å²) in [6, 6.07) is 19.3. The molecule has 0 aliphatic carbocycles. The Kier molecular flexibility index (Phi) is 5.07. The van der Waals surface area contributed by atoms with E-state index in [1.54, 1.807) is 4.57 Å². The molecule has 0 aliphatic heterocycles. The van der Waals surface area contributed by atoms with Gasteiger partial charge in [-0.05, 0) is 11.1 Å². The Morgan fingerprint density at radius 2 is 1.62 bits per heavy atom. The lowest BCUT2D eigenvalue weighted by Crippen LogP contribution is -2.13. The van der Waals surface area contributed by atoms with E-state index >= 15 is 0 Å². The summed E-state index contributed by atoms with van der Waals surface area (Å²) in [4.78, 5) is 25.2. The summed E-state index contributed by atoms with van der Waals surface area (Å²) in [5.74, 6) is -0.221. The van der Waals surface area contributed by atoms with Crippen molar-refractivity contribution in [1.82, 2.24) is 19.5 Å². The molecule has 0 saturated heterocycles. The van der Waals surface area contributed by atoms with Gasteiger partial charge >= 0.3 is 5.97 Å². The predicted octanol–water partition coefficient (Wildman–Crippen LogP) is 2.82. The maximum atomic E-state index is 12.3. The fraction of sp³-hybridized carbons (Fsp3) is 0.143. The molecule has 0 radical (unpaired) electrons. The number of imidazole rings is 1. The molecule has 2 aromatic carbocycles. The number of nitrogens with zero attached hydrogens (tertiary/aromatic N) is 4. The third kappa shape index (κ3) is 3.86. The topological polar surface area (TPSA) is 105 Å². The minimum atomic E-state index is -0.577. The molecular formula is C21H19N5O3. The number of fused-ring (bicyclic) bond motifs is 1. The van der Waals surface area contributed by atoms with Crippen molar-refractivity contribution in [3.05, 3.63) is 77.6 Å². The zero-order chi connectivity index (χ0) is 20.2. The maximum Gasteiger partial charge on any atom is 0.374 e. The molecular weight excluding hydrogens is 370 g/mol. The highest BCUT2D eigenvalue weighted by atomic mass is 16.5. The largest absolute Gasteiger partial charge is 0.471 e. The second-order valence-corrected chi connectivity index (χ2v) is 6.33. The summed E-state index contributed by atoms with van der Waals surface area (Å²) in [6.45, 7) is 0.655. The van der Waals surface area contributed by atoms with Crippen LogP contribution in [0.1, 0.15) is 21.7 Å². The molecule has 2 heterocycles. The van der Waals surface area contributed by atoms with E-state index in [0.29, 0.717) is 17.7 Å². The average Bonchev–Trinajstić information content (AvgIpc) is 3.11. The molecule has 0 amide bonds. The second-order valence-electron chi connectivity index (χ2n) is 6.33. The van der Waals surface area contributed by atoms with Crippen molar-refractivity contribution >= 4 is 23.1 Å².